The maximum absolute atomic E-state index is 14.6. The summed E-state index contributed by atoms with van der Waals surface area (Å²) < 4.78 is 26.1. The Morgan fingerprint density at radius 2 is 1.76 bits per heavy atom. The average Bonchev–Trinajstić information content (AvgIpc) is 3.02. The van der Waals surface area contributed by atoms with E-state index in [1.54, 1.807) is 4.90 Å². The number of rotatable bonds is 15. The van der Waals surface area contributed by atoms with Gasteiger partial charge in [-0.05, 0) is 74.3 Å². The predicted molar refractivity (Wildman–Crippen MR) is 177 cm³/mol. The lowest BCUT2D eigenvalue weighted by molar-refractivity contribution is -0.111. The Labute approximate surface area is 273 Å². The second-order valence-electron chi connectivity index (χ2n) is 13.2. The molecule has 1 aromatic carbocycles. The Bertz CT molecular complexity index is 1210. The molecule has 0 spiro atoms. The molecule has 10 heteroatoms. The molecule has 1 aromatic rings. The minimum atomic E-state index is -0.738. The zero-order chi connectivity index (χ0) is 33.1. The third-order valence-corrected chi connectivity index (χ3v) is 9.80. The van der Waals surface area contributed by atoms with Crippen LogP contribution in [-0.4, -0.2) is 104 Å². The normalized spacial score (nSPS) is 21.7. The third-order valence-electron chi connectivity index (χ3n) is 9.80. The highest BCUT2D eigenvalue weighted by Gasteiger charge is 2.31. The molecular formula is C36H52FN3O6. The summed E-state index contributed by atoms with van der Waals surface area (Å²) in [6.45, 7) is 11.3. The fourth-order valence-corrected chi connectivity index (χ4v) is 6.50. The number of allylic oxidation sites excluding steroid dienone is 2. The molecule has 0 unspecified atom stereocenters. The first-order chi connectivity index (χ1) is 22.2. The van der Waals surface area contributed by atoms with Crippen molar-refractivity contribution < 1.29 is 33.4 Å². The number of aliphatic hydroxyl groups is 1. The van der Waals surface area contributed by atoms with Gasteiger partial charge in [0, 0.05) is 63.3 Å². The monoisotopic (exact) mass is 641 g/mol. The number of aliphatic hydroxyl groups excluding tert-OH is 1. The molecule has 3 aliphatic rings. The van der Waals surface area contributed by atoms with Crippen LogP contribution in [0.1, 0.15) is 64.9 Å². The Balaban J connectivity index is 1.43. The van der Waals surface area contributed by atoms with Crippen LogP contribution < -0.4 is 4.90 Å². The zero-order valence-electron chi connectivity index (χ0n) is 27.7. The Kier molecular flexibility index (Phi) is 13.8. The van der Waals surface area contributed by atoms with E-state index in [1.165, 1.54) is 31.4 Å². The summed E-state index contributed by atoms with van der Waals surface area (Å²) in [6, 6.07) is 5.57. The number of amides is 1. The molecule has 9 nitrogen and oxygen atoms in total. The molecule has 2 saturated heterocycles. The van der Waals surface area contributed by atoms with Crippen molar-refractivity contribution in [1.82, 2.24) is 9.80 Å². The molecule has 1 amide bonds. The van der Waals surface area contributed by atoms with E-state index in [0.29, 0.717) is 70.1 Å². The van der Waals surface area contributed by atoms with E-state index < -0.39 is 18.1 Å². The van der Waals surface area contributed by atoms with Gasteiger partial charge in [0.25, 0.3) is 0 Å². The third kappa shape index (κ3) is 10.2. The lowest BCUT2D eigenvalue weighted by Crippen LogP contribution is -2.54. The molecule has 0 aromatic heterocycles. The number of carbonyl (C=O) groups excluding carboxylic acids is 3. The van der Waals surface area contributed by atoms with E-state index in [9.17, 15) is 23.9 Å². The van der Waals surface area contributed by atoms with Gasteiger partial charge in [0.05, 0.1) is 19.3 Å². The van der Waals surface area contributed by atoms with Crippen molar-refractivity contribution in [2.45, 2.75) is 77.5 Å². The van der Waals surface area contributed by atoms with Crippen molar-refractivity contribution >= 4 is 30.4 Å². The molecule has 4 rings (SSSR count). The van der Waals surface area contributed by atoms with Crippen molar-refractivity contribution in [1.29, 1.82) is 0 Å². The molecular weight excluding hydrogens is 589 g/mol. The number of hydrogen-bond donors (Lipinski definition) is 1. The van der Waals surface area contributed by atoms with Crippen molar-refractivity contribution in [2.24, 2.45) is 17.8 Å². The fraction of sp³-hybridized carbons (Fsp3) is 0.639. The van der Waals surface area contributed by atoms with E-state index in [1.807, 2.05) is 45.1 Å². The molecule has 1 saturated carbocycles. The van der Waals surface area contributed by atoms with Gasteiger partial charge in [-0.15, -0.1) is 0 Å². The van der Waals surface area contributed by atoms with Crippen LogP contribution in [0.3, 0.4) is 0 Å². The topological polar surface area (TPSA) is 99.6 Å². The van der Waals surface area contributed by atoms with Gasteiger partial charge >= 0.3 is 6.09 Å². The number of morpholine rings is 1. The molecule has 2 aliphatic heterocycles. The van der Waals surface area contributed by atoms with Gasteiger partial charge in [-0.3, -0.25) is 4.90 Å². The SMILES string of the molecule is C/C(=C\c1cc(F)cc(N2CCOCC2)c1)[C@@H](C=O)[C@@H](C)/C=C/[C@H](OC(=O)N1CCN(C2CCC2)CC1)[C@@H](C)CC[C@@H](O)CC=O. The van der Waals surface area contributed by atoms with Crippen LogP contribution in [0.2, 0.25) is 0 Å². The van der Waals surface area contributed by atoms with Crippen LogP contribution in [0.25, 0.3) is 6.08 Å². The summed E-state index contributed by atoms with van der Waals surface area (Å²) in [7, 11) is 0. The quantitative estimate of drug-likeness (QED) is 0.208. The maximum Gasteiger partial charge on any atom is 0.410 e. The molecule has 46 heavy (non-hydrogen) atoms. The zero-order valence-corrected chi connectivity index (χ0v) is 27.7. The first-order valence-electron chi connectivity index (χ1n) is 16.9. The predicted octanol–water partition coefficient (Wildman–Crippen LogP) is 5.11. The highest BCUT2D eigenvalue weighted by Crippen LogP contribution is 2.28. The lowest BCUT2D eigenvalue weighted by atomic mass is 9.86. The van der Waals surface area contributed by atoms with Crippen LogP contribution in [-0.2, 0) is 19.1 Å². The standard InChI is InChI=1S/C36H52FN3O6/c1-26(34(25-42)28(3)21-29-22-30(37)24-32(23-29)39-16-19-45-20-17-39)8-10-35(27(2)7-9-33(43)11-18-41)46-36(44)40-14-12-38(13-15-40)31-5-4-6-31/h8,10,18,21-27,31,33-35,43H,4-7,9,11-17,19-20H2,1-3H3/b10-8+,28-21+/t26-,27-,33+,34-,35-/m0/s1. The van der Waals surface area contributed by atoms with Crippen molar-refractivity contribution in [3.05, 3.63) is 47.3 Å². The van der Waals surface area contributed by atoms with Gasteiger partial charge < -0.3 is 34.0 Å². The fourth-order valence-electron chi connectivity index (χ4n) is 6.50. The minimum Gasteiger partial charge on any atom is -0.442 e. The maximum atomic E-state index is 14.6. The number of piperazine rings is 1. The minimum absolute atomic E-state index is 0.0706. The second-order valence-corrected chi connectivity index (χ2v) is 13.2. The summed E-state index contributed by atoms with van der Waals surface area (Å²) in [5.74, 6) is -1.14. The number of aldehydes is 2. The van der Waals surface area contributed by atoms with Gasteiger partial charge in [0.1, 0.15) is 24.5 Å². The number of ether oxygens (including phenoxy) is 2. The first kappa shape index (κ1) is 35.8. The molecule has 1 N–H and O–H groups in total. The number of nitrogens with zero attached hydrogens (tertiary/aromatic N) is 3. The highest BCUT2D eigenvalue weighted by atomic mass is 19.1. The molecule has 254 valence electrons. The van der Waals surface area contributed by atoms with Crippen LogP contribution in [0, 0.1) is 23.6 Å². The van der Waals surface area contributed by atoms with E-state index in [0.717, 1.165) is 30.6 Å². The highest BCUT2D eigenvalue weighted by molar-refractivity contribution is 5.69. The second kappa shape index (κ2) is 17.7. The van der Waals surface area contributed by atoms with Gasteiger partial charge in [0.2, 0.25) is 0 Å². The van der Waals surface area contributed by atoms with Gasteiger partial charge in [-0.25, -0.2) is 9.18 Å². The van der Waals surface area contributed by atoms with Crippen molar-refractivity contribution in [3.63, 3.8) is 0 Å². The van der Waals surface area contributed by atoms with Gasteiger partial charge in [-0.1, -0.05) is 38.0 Å². The van der Waals surface area contributed by atoms with Crippen LogP contribution in [0.4, 0.5) is 14.9 Å². The number of hydrogen-bond acceptors (Lipinski definition) is 8. The summed E-state index contributed by atoms with van der Waals surface area (Å²) in [5.41, 5.74) is 2.28. The molecule has 0 bridgehead atoms. The number of halogens is 1. The smallest absolute Gasteiger partial charge is 0.410 e. The molecule has 5 atom stereocenters. The van der Waals surface area contributed by atoms with Crippen LogP contribution in [0.15, 0.2) is 35.9 Å². The summed E-state index contributed by atoms with van der Waals surface area (Å²) in [6.07, 6.45) is 10.4. The van der Waals surface area contributed by atoms with E-state index >= 15 is 0 Å². The van der Waals surface area contributed by atoms with E-state index in [-0.39, 0.29) is 30.2 Å². The van der Waals surface area contributed by atoms with Crippen molar-refractivity contribution in [2.75, 3.05) is 57.4 Å². The first-order valence-corrected chi connectivity index (χ1v) is 16.9. The number of anilines is 1. The van der Waals surface area contributed by atoms with E-state index in [4.69, 9.17) is 9.47 Å². The number of carbonyl (C=O) groups is 3. The molecule has 1 aliphatic carbocycles. The molecule has 0 radical (unpaired) electrons. The summed E-state index contributed by atoms with van der Waals surface area (Å²) in [4.78, 5) is 42.8. The molecule has 2 heterocycles. The lowest BCUT2D eigenvalue weighted by Gasteiger charge is -2.42. The van der Waals surface area contributed by atoms with E-state index in [2.05, 4.69) is 9.80 Å². The average molecular weight is 642 g/mol. The summed E-state index contributed by atoms with van der Waals surface area (Å²) >= 11 is 0. The van der Waals surface area contributed by atoms with Crippen LogP contribution >= 0.6 is 0 Å². The van der Waals surface area contributed by atoms with Gasteiger partial charge in [-0.2, -0.15) is 0 Å². The Hall–Kier alpha value is -3.08. The van der Waals surface area contributed by atoms with Gasteiger partial charge in [0.15, 0.2) is 0 Å². The summed E-state index contributed by atoms with van der Waals surface area (Å²) in [5, 5.41) is 10.1. The Morgan fingerprint density at radius 1 is 1.04 bits per heavy atom. The largest absolute Gasteiger partial charge is 0.442 e. The van der Waals surface area contributed by atoms with Crippen molar-refractivity contribution in [3.8, 4) is 0 Å². The molecule has 3 fully saturated rings. The van der Waals surface area contributed by atoms with Crippen LogP contribution in [0.5, 0.6) is 0 Å². The Morgan fingerprint density at radius 3 is 2.39 bits per heavy atom. The number of benzene rings is 1.